The van der Waals surface area contributed by atoms with Crippen LogP contribution in [0.15, 0.2) is 23.4 Å². The van der Waals surface area contributed by atoms with Gasteiger partial charge in [-0.15, -0.1) is 0 Å². The predicted molar refractivity (Wildman–Crippen MR) is 69.6 cm³/mol. The first-order valence-corrected chi connectivity index (χ1v) is 6.31. The van der Waals surface area contributed by atoms with Crippen molar-refractivity contribution in [1.82, 2.24) is 0 Å². The van der Waals surface area contributed by atoms with Gasteiger partial charge < -0.3 is 5.73 Å². The molecule has 15 heavy (non-hydrogen) atoms. The SMILES string of the molecule is C/C=C(\C=C(/N)C1(CC)CC1)CC.CC. The van der Waals surface area contributed by atoms with Crippen molar-refractivity contribution in [1.29, 1.82) is 0 Å². The molecule has 0 amide bonds. The number of hydrogen-bond acceptors (Lipinski definition) is 1. The normalized spacial score (nSPS) is 19.3. The lowest BCUT2D eigenvalue weighted by atomic mass is 9.97. The molecule has 2 N–H and O–H groups in total. The van der Waals surface area contributed by atoms with E-state index >= 15 is 0 Å². The quantitative estimate of drug-likeness (QED) is 0.682. The summed E-state index contributed by atoms with van der Waals surface area (Å²) in [5.74, 6) is 0. The molecule has 1 saturated carbocycles. The zero-order valence-corrected chi connectivity index (χ0v) is 11.1. The van der Waals surface area contributed by atoms with Gasteiger partial charge in [0.15, 0.2) is 0 Å². The van der Waals surface area contributed by atoms with Crippen molar-refractivity contribution >= 4 is 0 Å². The van der Waals surface area contributed by atoms with Crippen LogP contribution in [-0.2, 0) is 0 Å². The first kappa shape index (κ1) is 14.3. The summed E-state index contributed by atoms with van der Waals surface area (Å²) in [6, 6.07) is 0. The number of rotatable bonds is 4. The fourth-order valence-electron chi connectivity index (χ4n) is 1.74. The second-order valence-corrected chi connectivity index (χ2v) is 3.95. The van der Waals surface area contributed by atoms with Crippen LogP contribution in [0.3, 0.4) is 0 Å². The highest BCUT2D eigenvalue weighted by Crippen LogP contribution is 2.52. The Bertz CT molecular complexity index is 232. The summed E-state index contributed by atoms with van der Waals surface area (Å²) >= 11 is 0. The van der Waals surface area contributed by atoms with Crippen LogP contribution in [0, 0.1) is 5.41 Å². The van der Waals surface area contributed by atoms with E-state index in [1.165, 1.54) is 24.8 Å². The van der Waals surface area contributed by atoms with Crippen molar-refractivity contribution in [2.75, 3.05) is 0 Å². The Labute approximate surface area is 95.4 Å². The molecule has 1 aliphatic carbocycles. The van der Waals surface area contributed by atoms with Crippen molar-refractivity contribution in [3.8, 4) is 0 Å². The van der Waals surface area contributed by atoms with E-state index in [1.807, 2.05) is 13.8 Å². The Morgan fingerprint density at radius 2 is 1.80 bits per heavy atom. The number of allylic oxidation sites excluding steroid dienone is 4. The topological polar surface area (TPSA) is 26.0 Å². The van der Waals surface area contributed by atoms with E-state index in [1.54, 1.807) is 0 Å². The maximum atomic E-state index is 6.10. The summed E-state index contributed by atoms with van der Waals surface area (Å²) in [5.41, 5.74) is 8.94. The Morgan fingerprint density at radius 1 is 1.27 bits per heavy atom. The van der Waals surface area contributed by atoms with E-state index in [0.29, 0.717) is 5.41 Å². The first-order chi connectivity index (χ1) is 7.18. The summed E-state index contributed by atoms with van der Waals surface area (Å²) in [5, 5.41) is 0. The highest BCUT2D eigenvalue weighted by molar-refractivity contribution is 5.28. The Balaban J connectivity index is 0.000000921. The van der Waals surface area contributed by atoms with Crippen molar-refractivity contribution in [3.05, 3.63) is 23.4 Å². The third-order valence-electron chi connectivity index (χ3n) is 3.26. The third kappa shape index (κ3) is 3.73. The van der Waals surface area contributed by atoms with Gasteiger partial charge in [0.1, 0.15) is 0 Å². The van der Waals surface area contributed by atoms with Crippen LogP contribution >= 0.6 is 0 Å². The molecule has 0 unspecified atom stereocenters. The van der Waals surface area contributed by atoms with Crippen molar-refractivity contribution in [2.45, 2.75) is 60.3 Å². The summed E-state index contributed by atoms with van der Waals surface area (Å²) in [7, 11) is 0. The molecule has 0 aromatic rings. The minimum absolute atomic E-state index is 0.378. The number of hydrogen-bond donors (Lipinski definition) is 1. The van der Waals surface area contributed by atoms with E-state index in [-0.39, 0.29) is 0 Å². The highest BCUT2D eigenvalue weighted by Gasteiger charge is 2.42. The molecule has 1 heteroatoms. The van der Waals surface area contributed by atoms with Gasteiger partial charge in [-0.2, -0.15) is 0 Å². The van der Waals surface area contributed by atoms with Crippen LogP contribution in [-0.4, -0.2) is 0 Å². The Morgan fingerprint density at radius 3 is 2.07 bits per heavy atom. The van der Waals surface area contributed by atoms with Crippen LogP contribution in [0.1, 0.15) is 60.3 Å². The van der Waals surface area contributed by atoms with Gasteiger partial charge in [-0.1, -0.05) is 39.3 Å². The molecule has 1 fully saturated rings. The molecule has 1 nitrogen and oxygen atoms in total. The lowest BCUT2D eigenvalue weighted by Crippen LogP contribution is -2.12. The zero-order chi connectivity index (χ0) is 11.9. The average Bonchev–Trinajstić information content (AvgIpc) is 3.09. The minimum Gasteiger partial charge on any atom is -0.402 e. The van der Waals surface area contributed by atoms with E-state index in [9.17, 15) is 0 Å². The lowest BCUT2D eigenvalue weighted by Gasteiger charge is -2.13. The van der Waals surface area contributed by atoms with Crippen LogP contribution < -0.4 is 5.73 Å². The van der Waals surface area contributed by atoms with Crippen molar-refractivity contribution < 1.29 is 0 Å². The predicted octanol–water partition coefficient (Wildman–Crippen LogP) is 4.40. The molecule has 0 atom stereocenters. The average molecular weight is 209 g/mol. The van der Waals surface area contributed by atoms with Crippen LogP contribution in [0.5, 0.6) is 0 Å². The molecule has 1 rings (SSSR count). The van der Waals surface area contributed by atoms with Gasteiger partial charge >= 0.3 is 0 Å². The molecule has 0 aliphatic heterocycles. The summed E-state index contributed by atoms with van der Waals surface area (Å²) < 4.78 is 0. The molecule has 0 saturated heterocycles. The summed E-state index contributed by atoms with van der Waals surface area (Å²) in [4.78, 5) is 0. The molecule has 0 bridgehead atoms. The van der Waals surface area contributed by atoms with Crippen LogP contribution in [0.2, 0.25) is 0 Å². The molecule has 1 aliphatic rings. The standard InChI is InChI=1S/C12H21N.C2H6/c1-4-10(5-2)9-11(13)12(6-3)7-8-12;1-2/h4,9H,5-8,13H2,1-3H3;1-2H3/b10-4-,11-9-;. The summed E-state index contributed by atoms with van der Waals surface area (Å²) in [6.45, 7) is 10.5. The van der Waals surface area contributed by atoms with E-state index in [0.717, 1.165) is 12.1 Å². The maximum Gasteiger partial charge on any atom is 0.0146 e. The fraction of sp³-hybridized carbons (Fsp3) is 0.714. The summed E-state index contributed by atoms with van der Waals surface area (Å²) in [6.07, 6.45) is 9.17. The van der Waals surface area contributed by atoms with Crippen LogP contribution in [0.25, 0.3) is 0 Å². The molecule has 0 aromatic carbocycles. The molecule has 0 spiro atoms. The molecule has 0 aromatic heterocycles. The van der Waals surface area contributed by atoms with Crippen molar-refractivity contribution in [2.24, 2.45) is 11.1 Å². The van der Waals surface area contributed by atoms with Gasteiger partial charge in [-0.05, 0) is 38.7 Å². The second-order valence-electron chi connectivity index (χ2n) is 3.95. The smallest absolute Gasteiger partial charge is 0.0146 e. The van der Waals surface area contributed by atoms with Gasteiger partial charge in [0, 0.05) is 11.1 Å². The van der Waals surface area contributed by atoms with Gasteiger partial charge in [-0.25, -0.2) is 0 Å². The second kappa shape index (κ2) is 6.71. The molecule has 0 heterocycles. The van der Waals surface area contributed by atoms with E-state index < -0.39 is 0 Å². The Kier molecular flexibility index (Phi) is 6.38. The van der Waals surface area contributed by atoms with Crippen LogP contribution in [0.4, 0.5) is 0 Å². The van der Waals surface area contributed by atoms with Gasteiger partial charge in [0.25, 0.3) is 0 Å². The number of nitrogens with two attached hydrogens (primary N) is 1. The molecular weight excluding hydrogens is 182 g/mol. The minimum atomic E-state index is 0.378. The van der Waals surface area contributed by atoms with E-state index in [2.05, 4.69) is 32.9 Å². The molecule has 0 radical (unpaired) electrons. The maximum absolute atomic E-state index is 6.10. The third-order valence-corrected chi connectivity index (χ3v) is 3.26. The van der Waals surface area contributed by atoms with Gasteiger partial charge in [0.05, 0.1) is 0 Å². The zero-order valence-electron chi connectivity index (χ0n) is 11.1. The first-order valence-electron chi connectivity index (χ1n) is 6.31. The fourth-order valence-corrected chi connectivity index (χ4v) is 1.74. The van der Waals surface area contributed by atoms with E-state index in [4.69, 9.17) is 5.73 Å². The lowest BCUT2D eigenvalue weighted by molar-refractivity contribution is 0.575. The highest BCUT2D eigenvalue weighted by atomic mass is 14.7. The molecule has 88 valence electrons. The van der Waals surface area contributed by atoms with Gasteiger partial charge in [-0.3, -0.25) is 0 Å². The Hall–Kier alpha value is -0.720. The monoisotopic (exact) mass is 209 g/mol. The van der Waals surface area contributed by atoms with Crippen molar-refractivity contribution in [3.63, 3.8) is 0 Å². The largest absolute Gasteiger partial charge is 0.402 e. The van der Waals surface area contributed by atoms with Gasteiger partial charge in [0.2, 0.25) is 0 Å². The molecular formula is C14H27N.